The lowest BCUT2D eigenvalue weighted by Crippen LogP contribution is -2.42. The minimum Gasteiger partial charge on any atom is -0.494 e. The molecule has 5 nitrogen and oxygen atoms in total. The van der Waals surface area contributed by atoms with Crippen molar-refractivity contribution < 1.29 is 18.3 Å². The molecule has 120 valence electrons. The van der Waals surface area contributed by atoms with E-state index in [0.29, 0.717) is 17.3 Å². The van der Waals surface area contributed by atoms with E-state index in [1.54, 1.807) is 19.9 Å². The number of hydrogen-bond donors (Lipinski definition) is 2. The summed E-state index contributed by atoms with van der Waals surface area (Å²) in [6.07, 6.45) is 0.894. The van der Waals surface area contributed by atoms with Gasteiger partial charge in [0.05, 0.1) is 17.2 Å². The number of methoxy groups -OCH3 is 1. The first-order valence-corrected chi connectivity index (χ1v) is 9.09. The third-order valence-corrected chi connectivity index (χ3v) is 5.59. The highest BCUT2D eigenvalue weighted by molar-refractivity contribution is 9.10. The van der Waals surface area contributed by atoms with Crippen LogP contribution in [0, 0.1) is 0 Å². The zero-order valence-corrected chi connectivity index (χ0v) is 15.3. The molecule has 0 unspecified atom stereocenters. The molecule has 0 fully saturated rings. The highest BCUT2D eigenvalue weighted by Gasteiger charge is 2.28. The molecular weight excluding hydrogens is 382 g/mol. The zero-order chi connectivity index (χ0) is 16.3. The van der Waals surface area contributed by atoms with Crippen LogP contribution in [0.3, 0.4) is 0 Å². The first kappa shape index (κ1) is 18.7. The molecule has 0 saturated heterocycles. The van der Waals surface area contributed by atoms with Gasteiger partial charge in [-0.1, -0.05) is 25.4 Å². The summed E-state index contributed by atoms with van der Waals surface area (Å²) in [5.41, 5.74) is -1.07. The maximum atomic E-state index is 12.4. The van der Waals surface area contributed by atoms with Crippen molar-refractivity contribution in [3.63, 3.8) is 0 Å². The summed E-state index contributed by atoms with van der Waals surface area (Å²) in [4.78, 5) is -0.0704. The minimum absolute atomic E-state index is 0.0704. The van der Waals surface area contributed by atoms with Crippen molar-refractivity contribution in [2.75, 3.05) is 13.7 Å². The minimum atomic E-state index is -3.85. The van der Waals surface area contributed by atoms with E-state index in [4.69, 9.17) is 16.3 Å². The van der Waals surface area contributed by atoms with Crippen LogP contribution in [-0.4, -0.2) is 32.8 Å². The Balaban J connectivity index is 3.14. The third-order valence-electron chi connectivity index (χ3n) is 3.38. The van der Waals surface area contributed by atoms with Crippen LogP contribution >= 0.6 is 27.5 Å². The van der Waals surface area contributed by atoms with Gasteiger partial charge in [0.2, 0.25) is 10.0 Å². The van der Waals surface area contributed by atoms with Gasteiger partial charge in [-0.2, -0.15) is 0 Å². The first-order valence-electron chi connectivity index (χ1n) is 6.44. The molecule has 0 aromatic heterocycles. The molecule has 0 atom stereocenters. The van der Waals surface area contributed by atoms with Gasteiger partial charge in [-0.25, -0.2) is 13.1 Å². The lowest BCUT2D eigenvalue weighted by molar-refractivity contribution is 0.0377. The SMILES string of the molecule is CCC(O)(CC)CNS(=O)(=O)c1cc(Cl)cc(Br)c1OC. The number of hydrogen-bond acceptors (Lipinski definition) is 4. The Morgan fingerprint density at radius 1 is 1.38 bits per heavy atom. The number of sulfonamides is 1. The molecule has 2 N–H and O–H groups in total. The molecule has 1 aromatic carbocycles. The largest absolute Gasteiger partial charge is 0.494 e. The second-order valence-electron chi connectivity index (χ2n) is 4.67. The van der Waals surface area contributed by atoms with E-state index < -0.39 is 15.6 Å². The van der Waals surface area contributed by atoms with Crippen LogP contribution in [0.25, 0.3) is 0 Å². The van der Waals surface area contributed by atoms with Crippen molar-refractivity contribution in [1.82, 2.24) is 4.72 Å². The molecule has 0 radical (unpaired) electrons. The Kier molecular flexibility index (Phi) is 6.49. The lowest BCUT2D eigenvalue weighted by Gasteiger charge is -2.25. The molecule has 0 aliphatic heterocycles. The van der Waals surface area contributed by atoms with Crippen LogP contribution < -0.4 is 9.46 Å². The maximum Gasteiger partial charge on any atom is 0.244 e. The standard InChI is InChI=1S/C13H19BrClNO4S/c1-4-13(17,5-2)8-16-21(18,19)11-7-9(15)6-10(14)12(11)20-3/h6-7,16-17H,4-5,8H2,1-3H3. The number of rotatable bonds is 7. The van der Waals surface area contributed by atoms with E-state index in [-0.39, 0.29) is 22.2 Å². The number of benzene rings is 1. The van der Waals surface area contributed by atoms with Gasteiger partial charge < -0.3 is 9.84 Å². The van der Waals surface area contributed by atoms with Crippen molar-refractivity contribution in [3.8, 4) is 5.75 Å². The summed E-state index contributed by atoms with van der Waals surface area (Å²) in [6, 6.07) is 2.86. The van der Waals surface area contributed by atoms with E-state index in [2.05, 4.69) is 20.7 Å². The summed E-state index contributed by atoms with van der Waals surface area (Å²) in [5, 5.41) is 10.4. The molecular formula is C13H19BrClNO4S. The van der Waals surface area contributed by atoms with E-state index in [1.807, 2.05) is 0 Å². The smallest absolute Gasteiger partial charge is 0.244 e. The molecule has 0 bridgehead atoms. The first-order chi connectivity index (χ1) is 9.69. The molecule has 21 heavy (non-hydrogen) atoms. The fraction of sp³-hybridized carbons (Fsp3) is 0.538. The predicted molar refractivity (Wildman–Crippen MR) is 86.4 cm³/mol. The van der Waals surface area contributed by atoms with Crippen molar-refractivity contribution in [2.45, 2.75) is 37.2 Å². The Morgan fingerprint density at radius 2 is 1.95 bits per heavy atom. The van der Waals surface area contributed by atoms with Gasteiger partial charge in [-0.3, -0.25) is 0 Å². The maximum absolute atomic E-state index is 12.4. The van der Waals surface area contributed by atoms with Crippen LogP contribution in [-0.2, 0) is 10.0 Å². The van der Waals surface area contributed by atoms with Crippen LogP contribution in [0.4, 0.5) is 0 Å². The average Bonchev–Trinajstić information content (AvgIpc) is 2.44. The van der Waals surface area contributed by atoms with E-state index in [0.717, 1.165) is 0 Å². The number of halogens is 2. The molecule has 0 aliphatic carbocycles. The van der Waals surface area contributed by atoms with Crippen LogP contribution in [0.5, 0.6) is 5.75 Å². The Morgan fingerprint density at radius 3 is 2.43 bits per heavy atom. The van der Waals surface area contributed by atoms with E-state index in [9.17, 15) is 13.5 Å². The average molecular weight is 401 g/mol. The van der Waals surface area contributed by atoms with Crippen LogP contribution in [0.2, 0.25) is 5.02 Å². The fourth-order valence-electron chi connectivity index (χ4n) is 1.74. The van der Waals surface area contributed by atoms with Gasteiger partial charge in [-0.05, 0) is 40.9 Å². The molecule has 0 spiro atoms. The molecule has 0 amide bonds. The third kappa shape index (κ3) is 4.56. The lowest BCUT2D eigenvalue weighted by atomic mass is 9.98. The van der Waals surface area contributed by atoms with Gasteiger partial charge in [-0.15, -0.1) is 0 Å². The number of nitrogens with one attached hydrogen (secondary N) is 1. The summed E-state index contributed by atoms with van der Waals surface area (Å²) in [7, 11) is -2.47. The normalized spacial score (nSPS) is 12.5. The highest BCUT2D eigenvalue weighted by atomic mass is 79.9. The Hall–Kier alpha value is -0.340. The fourth-order valence-corrected chi connectivity index (χ4v) is 4.24. The molecule has 1 rings (SSSR count). The van der Waals surface area contributed by atoms with Crippen molar-refractivity contribution >= 4 is 37.6 Å². The van der Waals surface area contributed by atoms with Crippen molar-refractivity contribution in [3.05, 3.63) is 21.6 Å². The van der Waals surface area contributed by atoms with Crippen molar-refractivity contribution in [1.29, 1.82) is 0 Å². The second-order valence-corrected chi connectivity index (χ2v) is 7.70. The molecule has 0 heterocycles. The molecule has 0 saturated carbocycles. The van der Waals surface area contributed by atoms with Gasteiger partial charge >= 0.3 is 0 Å². The quantitative estimate of drug-likeness (QED) is 0.738. The van der Waals surface area contributed by atoms with E-state index in [1.165, 1.54) is 13.2 Å². The Labute approximate surface area is 138 Å². The molecule has 8 heteroatoms. The highest BCUT2D eigenvalue weighted by Crippen LogP contribution is 2.35. The van der Waals surface area contributed by atoms with Crippen LogP contribution in [0.15, 0.2) is 21.5 Å². The zero-order valence-electron chi connectivity index (χ0n) is 12.1. The van der Waals surface area contributed by atoms with Gasteiger partial charge in [0.25, 0.3) is 0 Å². The summed E-state index contributed by atoms with van der Waals surface area (Å²) >= 11 is 9.12. The second kappa shape index (κ2) is 7.28. The summed E-state index contributed by atoms with van der Waals surface area (Å²) < 4.78 is 32.8. The van der Waals surface area contributed by atoms with E-state index >= 15 is 0 Å². The topological polar surface area (TPSA) is 75.6 Å². The summed E-state index contributed by atoms with van der Waals surface area (Å²) in [5.74, 6) is 0.170. The number of aliphatic hydroxyl groups is 1. The number of ether oxygens (including phenoxy) is 1. The van der Waals surface area contributed by atoms with Gasteiger partial charge in [0.15, 0.2) is 5.75 Å². The van der Waals surface area contributed by atoms with Gasteiger partial charge in [0, 0.05) is 11.6 Å². The molecule has 1 aromatic rings. The van der Waals surface area contributed by atoms with Gasteiger partial charge in [0.1, 0.15) is 4.90 Å². The monoisotopic (exact) mass is 399 g/mol. The Bertz CT molecular complexity index is 602. The predicted octanol–water partition coefficient (Wildman–Crippen LogP) is 2.94. The summed E-state index contributed by atoms with van der Waals surface area (Å²) in [6.45, 7) is 3.53. The van der Waals surface area contributed by atoms with Crippen molar-refractivity contribution in [2.24, 2.45) is 0 Å². The molecule has 0 aliphatic rings. The van der Waals surface area contributed by atoms with Crippen LogP contribution in [0.1, 0.15) is 26.7 Å².